The first-order valence-electron chi connectivity index (χ1n) is 15.5. The summed E-state index contributed by atoms with van der Waals surface area (Å²) in [5.74, 6) is -3.80. The molecule has 1 aromatic heterocycles. The third-order valence-corrected chi connectivity index (χ3v) is 13.4. The second-order valence-electron chi connectivity index (χ2n) is 13.4. The molecule has 1 aliphatic rings. The largest absolute Gasteiger partial charge is 0.474 e. The van der Waals surface area contributed by atoms with Crippen LogP contribution in [0.4, 0.5) is 23.8 Å². The molecule has 0 radical (unpaired) electrons. The van der Waals surface area contributed by atoms with E-state index in [0.29, 0.717) is 49.2 Å². The number of carbonyl (C=O) groups excluding carboxylic acids is 1. The summed E-state index contributed by atoms with van der Waals surface area (Å²) in [6.07, 6.45) is -0.177. The first kappa shape index (κ1) is 35.5. The molecule has 2 amide bonds. The van der Waals surface area contributed by atoms with Gasteiger partial charge in [0.1, 0.15) is 12.4 Å². The van der Waals surface area contributed by atoms with E-state index in [4.69, 9.17) is 13.9 Å². The summed E-state index contributed by atoms with van der Waals surface area (Å²) in [4.78, 5) is 15.6. The summed E-state index contributed by atoms with van der Waals surface area (Å²) >= 11 is 0. The lowest BCUT2D eigenvalue weighted by Gasteiger charge is -2.38. The number of hydrogen-bond acceptors (Lipinski definition) is 6. The molecule has 1 aliphatic heterocycles. The lowest BCUT2D eigenvalue weighted by molar-refractivity contribution is 0.126. The Kier molecular flexibility index (Phi) is 11.2. The van der Waals surface area contributed by atoms with Crippen LogP contribution < -0.4 is 15.4 Å². The smallest absolute Gasteiger partial charge is 0.320 e. The molecule has 2 aromatic carbocycles. The number of hydrogen-bond donors (Lipinski definition) is 2. The van der Waals surface area contributed by atoms with E-state index < -0.39 is 43.8 Å². The summed E-state index contributed by atoms with van der Waals surface area (Å²) in [5.41, 5.74) is 1.59. The van der Waals surface area contributed by atoms with Crippen LogP contribution >= 0.6 is 0 Å². The Balaban J connectivity index is 1.55. The van der Waals surface area contributed by atoms with E-state index in [9.17, 15) is 18.0 Å². The molecule has 2 heterocycles. The Labute approximate surface area is 270 Å². The van der Waals surface area contributed by atoms with Gasteiger partial charge in [-0.1, -0.05) is 39.0 Å². The molecular weight excluding hydrogens is 615 g/mol. The zero-order valence-electron chi connectivity index (χ0n) is 27.9. The minimum Gasteiger partial charge on any atom is -0.474 e. The fourth-order valence-electron chi connectivity index (χ4n) is 5.30. The summed E-state index contributed by atoms with van der Waals surface area (Å²) in [7, 11) is -0.428. The first-order chi connectivity index (χ1) is 21.6. The van der Waals surface area contributed by atoms with E-state index in [1.807, 2.05) is 49.1 Å². The van der Waals surface area contributed by atoms with Crippen LogP contribution in [0, 0.1) is 24.4 Å². The number of anilines is 1. The van der Waals surface area contributed by atoms with Crippen molar-refractivity contribution < 1.29 is 31.9 Å². The van der Waals surface area contributed by atoms with Gasteiger partial charge in [-0.25, -0.2) is 22.6 Å². The molecule has 3 atom stereocenters. The monoisotopic (exact) mass is 661 g/mol. The normalized spacial score (nSPS) is 18.1. The van der Waals surface area contributed by atoms with E-state index in [2.05, 4.69) is 49.6 Å². The number of para-hydroxylation sites is 1. The number of halogens is 3. The van der Waals surface area contributed by atoms with Crippen LogP contribution in [0.1, 0.15) is 44.7 Å². The molecule has 0 bridgehead atoms. The molecule has 1 fully saturated rings. The summed E-state index contributed by atoms with van der Waals surface area (Å²) in [6, 6.07) is 10.3. The molecule has 9 nitrogen and oxygen atoms in total. The van der Waals surface area contributed by atoms with Crippen molar-refractivity contribution in [1.29, 1.82) is 0 Å². The van der Waals surface area contributed by atoms with Crippen LogP contribution in [-0.4, -0.2) is 81.1 Å². The van der Waals surface area contributed by atoms with Crippen molar-refractivity contribution in [2.24, 2.45) is 0 Å². The summed E-state index contributed by atoms with van der Waals surface area (Å²) in [6.45, 7) is 16.8. The van der Waals surface area contributed by atoms with Crippen LogP contribution in [0.25, 0.3) is 5.69 Å². The van der Waals surface area contributed by atoms with Gasteiger partial charge in [0.2, 0.25) is 5.88 Å². The summed E-state index contributed by atoms with van der Waals surface area (Å²) < 4.78 is 61.5. The first-order valence-corrected chi connectivity index (χ1v) is 18.4. The van der Waals surface area contributed by atoms with Crippen molar-refractivity contribution >= 4 is 20.2 Å². The zero-order valence-corrected chi connectivity index (χ0v) is 28.9. The van der Waals surface area contributed by atoms with Crippen molar-refractivity contribution in [3.05, 3.63) is 71.0 Å². The topological polar surface area (TPSA) is 89.9 Å². The Morgan fingerprint density at radius 2 is 1.76 bits per heavy atom. The minimum atomic E-state index is -2.01. The average molecular weight is 662 g/mol. The van der Waals surface area contributed by atoms with Crippen molar-refractivity contribution in [2.75, 3.05) is 45.3 Å². The Bertz CT molecular complexity index is 1480. The average Bonchev–Trinajstić information content (AvgIpc) is 3.53. The van der Waals surface area contributed by atoms with Crippen LogP contribution in [0.3, 0.4) is 0 Å². The fourth-order valence-corrected chi connectivity index (χ4v) is 6.73. The van der Waals surface area contributed by atoms with Gasteiger partial charge in [-0.05, 0) is 61.8 Å². The molecule has 0 saturated carbocycles. The number of urea groups is 1. The van der Waals surface area contributed by atoms with E-state index in [1.165, 1.54) is 0 Å². The number of amides is 2. The Morgan fingerprint density at radius 3 is 2.37 bits per heavy atom. The van der Waals surface area contributed by atoms with Crippen molar-refractivity contribution in [3.8, 4) is 11.6 Å². The van der Waals surface area contributed by atoms with Crippen molar-refractivity contribution in [1.82, 2.24) is 20.0 Å². The highest BCUT2D eigenvalue weighted by atomic mass is 28.4. The second kappa shape index (κ2) is 14.6. The maximum absolute atomic E-state index is 14.2. The highest BCUT2D eigenvalue weighted by Gasteiger charge is 2.39. The molecule has 13 heteroatoms. The van der Waals surface area contributed by atoms with Gasteiger partial charge >= 0.3 is 6.03 Å². The predicted octanol–water partition coefficient (Wildman–Crippen LogP) is 6.62. The molecule has 1 saturated heterocycles. The van der Waals surface area contributed by atoms with Gasteiger partial charge in [0.15, 0.2) is 25.8 Å². The van der Waals surface area contributed by atoms with Crippen LogP contribution in [-0.2, 0) is 9.16 Å². The number of nitrogens with one attached hydrogen (secondary N) is 2. The van der Waals surface area contributed by atoms with Gasteiger partial charge in [0.25, 0.3) is 0 Å². The highest BCUT2D eigenvalue weighted by molar-refractivity contribution is 6.74. The molecule has 46 heavy (non-hydrogen) atoms. The molecule has 4 rings (SSSR count). The number of benzene rings is 2. The van der Waals surface area contributed by atoms with Gasteiger partial charge in [-0.15, -0.1) is 5.10 Å². The van der Waals surface area contributed by atoms with Gasteiger partial charge in [-0.2, -0.15) is 0 Å². The molecule has 2 N–H and O–H groups in total. The number of methoxy groups -OCH3 is 1. The van der Waals surface area contributed by atoms with Crippen LogP contribution in [0.15, 0.2) is 42.5 Å². The maximum Gasteiger partial charge on any atom is 0.320 e. The number of ether oxygens (including phenoxy) is 2. The number of carbonyl (C=O) groups is 1. The number of rotatable bonds is 12. The van der Waals surface area contributed by atoms with E-state index in [0.717, 1.165) is 12.1 Å². The van der Waals surface area contributed by atoms with Gasteiger partial charge < -0.3 is 19.2 Å². The lowest BCUT2D eigenvalue weighted by Crippen LogP contribution is -2.44. The predicted molar refractivity (Wildman–Crippen MR) is 175 cm³/mol. The fraction of sp³-hybridized carbons (Fsp3) is 0.515. The molecule has 0 spiro atoms. The Hall–Kier alpha value is -3.39. The number of aromatic nitrogens is 2. The second-order valence-corrected chi connectivity index (χ2v) is 18.1. The standard InChI is InChI=1S/C33H46F3N5O4Si/c1-21(45-46(7,8)33(3,4)5)20-44-31-22(2)30(41(39-31)24-12-10-9-11-13-24)38-32(42)37-28-19-40(14-15-43-6)18-25(28)23-16-26(34)29(36)27(35)17-23/h9-13,16-17,21,25,28H,14-15,18-20H2,1-8H3,(H2,37,38,42)/t21?,25-,28+/m0/s1. The lowest BCUT2D eigenvalue weighted by atomic mass is 9.94. The van der Waals surface area contributed by atoms with E-state index >= 15 is 0 Å². The van der Waals surface area contributed by atoms with Crippen molar-refractivity contribution in [3.63, 3.8) is 0 Å². The zero-order chi connectivity index (χ0) is 33.8. The minimum absolute atomic E-state index is 0.0503. The van der Waals surface area contributed by atoms with Gasteiger partial charge in [0.05, 0.1) is 30.0 Å². The molecule has 3 aromatic rings. The molecule has 0 aliphatic carbocycles. The summed E-state index contributed by atoms with van der Waals surface area (Å²) in [5, 5.41) is 10.6. The third-order valence-electron chi connectivity index (χ3n) is 8.83. The van der Waals surface area contributed by atoms with Crippen molar-refractivity contribution in [2.45, 2.75) is 70.8 Å². The Morgan fingerprint density at radius 1 is 1.11 bits per heavy atom. The molecular formula is C33H46F3N5O4Si. The molecule has 1 unspecified atom stereocenters. The van der Waals surface area contributed by atoms with Crippen LogP contribution in [0.5, 0.6) is 5.88 Å². The third kappa shape index (κ3) is 8.30. The molecule has 252 valence electrons. The number of nitrogens with zero attached hydrogens (tertiary/aromatic N) is 3. The maximum atomic E-state index is 14.2. The number of likely N-dealkylation sites (tertiary alicyclic amines) is 1. The highest BCUT2D eigenvalue weighted by Crippen LogP contribution is 2.37. The quantitative estimate of drug-likeness (QED) is 0.168. The van der Waals surface area contributed by atoms with Gasteiger partial charge in [-0.3, -0.25) is 10.2 Å². The van der Waals surface area contributed by atoms with E-state index in [-0.39, 0.29) is 23.3 Å². The van der Waals surface area contributed by atoms with E-state index in [1.54, 1.807) is 11.8 Å². The van der Waals surface area contributed by atoms with Crippen LogP contribution in [0.2, 0.25) is 18.1 Å². The van der Waals surface area contributed by atoms with Gasteiger partial charge in [0, 0.05) is 32.7 Å². The SMILES string of the molecule is COCCN1C[C@@H](NC(=O)Nc2c(C)c(OCC(C)O[Si](C)(C)C(C)(C)C)nn2-c2ccccc2)[C@H](c2cc(F)c(F)c(F)c2)C1.